The highest BCUT2D eigenvalue weighted by Gasteiger charge is 2.28. The molecule has 0 saturated heterocycles. The van der Waals surface area contributed by atoms with Crippen LogP contribution in [0.4, 0.5) is 15.8 Å². The van der Waals surface area contributed by atoms with Crippen LogP contribution >= 0.6 is 0 Å². The van der Waals surface area contributed by atoms with Crippen molar-refractivity contribution in [2.75, 3.05) is 16.8 Å². The molecule has 0 spiro atoms. The van der Waals surface area contributed by atoms with Crippen molar-refractivity contribution in [3.63, 3.8) is 0 Å². The second kappa shape index (κ2) is 7.22. The number of fused-ring (bicyclic) bond motifs is 2. The number of halogens is 1. The molecule has 0 bridgehead atoms. The Balaban J connectivity index is 1.49. The first kappa shape index (κ1) is 17.7. The fourth-order valence-electron chi connectivity index (χ4n) is 3.82. The van der Waals surface area contributed by atoms with Gasteiger partial charge in [-0.2, -0.15) is 0 Å². The van der Waals surface area contributed by atoms with E-state index in [0.717, 1.165) is 16.9 Å². The normalized spacial score (nSPS) is 17.8. The van der Waals surface area contributed by atoms with Crippen molar-refractivity contribution in [1.82, 2.24) is 0 Å². The number of amides is 1. The number of hydrogen-bond donors (Lipinski definition) is 1. The molecule has 2 aliphatic heterocycles. The Morgan fingerprint density at radius 2 is 1.86 bits per heavy atom. The van der Waals surface area contributed by atoms with Gasteiger partial charge in [-0.1, -0.05) is 42.5 Å². The second-order valence-electron chi connectivity index (χ2n) is 7.15. The zero-order chi connectivity index (χ0) is 19.8. The molecular formula is C23H19FN2O3. The number of carbonyl (C=O) groups excluding carboxylic acids is 1. The molecule has 0 radical (unpaired) electrons. The van der Waals surface area contributed by atoms with Gasteiger partial charge in [0.25, 0.3) is 0 Å². The number of para-hydroxylation sites is 2. The number of rotatable bonds is 3. The predicted octanol–water partition coefficient (Wildman–Crippen LogP) is 4.39. The van der Waals surface area contributed by atoms with Crippen LogP contribution in [-0.4, -0.2) is 12.5 Å². The molecule has 29 heavy (non-hydrogen) atoms. The average molecular weight is 390 g/mol. The van der Waals surface area contributed by atoms with Gasteiger partial charge >= 0.3 is 0 Å². The number of nitrogens with zero attached hydrogens (tertiary/aromatic N) is 1. The molecule has 6 heteroatoms. The molecule has 0 unspecified atom stereocenters. The molecule has 0 aliphatic carbocycles. The summed E-state index contributed by atoms with van der Waals surface area (Å²) in [7, 11) is 0. The van der Waals surface area contributed by atoms with Crippen LogP contribution in [0, 0.1) is 5.82 Å². The largest absolute Gasteiger partial charge is 0.460 e. The van der Waals surface area contributed by atoms with E-state index in [4.69, 9.17) is 9.47 Å². The highest BCUT2D eigenvalue weighted by molar-refractivity contribution is 6.01. The maximum atomic E-state index is 14.3. The molecule has 1 amide bonds. The van der Waals surface area contributed by atoms with E-state index < -0.39 is 6.29 Å². The van der Waals surface area contributed by atoms with Crippen molar-refractivity contribution < 1.29 is 18.7 Å². The molecule has 2 aliphatic rings. The monoisotopic (exact) mass is 390 g/mol. The number of hydrogen-bond acceptors (Lipinski definition) is 4. The number of benzene rings is 3. The Bertz CT molecular complexity index is 1070. The second-order valence-corrected chi connectivity index (χ2v) is 7.15. The molecule has 0 fully saturated rings. The molecule has 0 saturated carbocycles. The van der Waals surface area contributed by atoms with Crippen LogP contribution in [0.15, 0.2) is 66.7 Å². The van der Waals surface area contributed by atoms with Crippen molar-refractivity contribution in [2.45, 2.75) is 19.4 Å². The van der Waals surface area contributed by atoms with Crippen molar-refractivity contribution in [2.24, 2.45) is 0 Å². The third-order valence-electron chi connectivity index (χ3n) is 5.11. The van der Waals surface area contributed by atoms with Gasteiger partial charge in [-0.15, -0.1) is 0 Å². The molecule has 5 nitrogen and oxygen atoms in total. The maximum absolute atomic E-state index is 14.3. The summed E-state index contributed by atoms with van der Waals surface area (Å²) in [5, 5.41) is 2.87. The lowest BCUT2D eigenvalue weighted by Crippen LogP contribution is -2.38. The minimum Gasteiger partial charge on any atom is -0.460 e. The third-order valence-corrected chi connectivity index (χ3v) is 5.11. The van der Waals surface area contributed by atoms with Crippen LogP contribution in [0.1, 0.15) is 23.0 Å². The van der Waals surface area contributed by atoms with Gasteiger partial charge in [-0.25, -0.2) is 4.39 Å². The van der Waals surface area contributed by atoms with E-state index in [1.165, 1.54) is 12.1 Å². The molecule has 3 aromatic rings. The maximum Gasteiger partial charge on any atom is 0.243 e. The first-order valence-electron chi connectivity index (χ1n) is 9.46. The standard InChI is InChI=1S/C23H19FN2O3/c24-18-10-16(12-26-13-21(27)25-19-8-4-5-9-20(19)26)22-17(11-18)14-28-23(29-22)15-6-2-1-3-7-15/h1-11,23H,12-14H2,(H,25,27)/t23-/m1/s1. The quantitative estimate of drug-likeness (QED) is 0.721. The molecule has 2 heterocycles. The summed E-state index contributed by atoms with van der Waals surface area (Å²) in [5.74, 6) is 0.175. The smallest absolute Gasteiger partial charge is 0.243 e. The highest BCUT2D eigenvalue weighted by atomic mass is 19.1. The highest BCUT2D eigenvalue weighted by Crippen LogP contribution is 2.38. The van der Waals surface area contributed by atoms with Crippen molar-refractivity contribution in [3.8, 4) is 5.75 Å². The van der Waals surface area contributed by atoms with E-state index >= 15 is 0 Å². The van der Waals surface area contributed by atoms with E-state index in [0.29, 0.717) is 23.4 Å². The Labute approximate surface area is 167 Å². The average Bonchev–Trinajstić information content (AvgIpc) is 2.74. The Hall–Kier alpha value is -3.38. The van der Waals surface area contributed by atoms with Crippen LogP contribution in [0.3, 0.4) is 0 Å². The van der Waals surface area contributed by atoms with Gasteiger partial charge in [0.1, 0.15) is 11.6 Å². The van der Waals surface area contributed by atoms with Crippen LogP contribution in [0.5, 0.6) is 5.75 Å². The topological polar surface area (TPSA) is 50.8 Å². The fourth-order valence-corrected chi connectivity index (χ4v) is 3.82. The van der Waals surface area contributed by atoms with Gasteiger partial charge in [0, 0.05) is 23.2 Å². The Morgan fingerprint density at radius 3 is 2.72 bits per heavy atom. The zero-order valence-corrected chi connectivity index (χ0v) is 15.6. The van der Waals surface area contributed by atoms with E-state index in [1.807, 2.05) is 59.5 Å². The van der Waals surface area contributed by atoms with Gasteiger partial charge in [0.05, 0.1) is 24.5 Å². The summed E-state index contributed by atoms with van der Waals surface area (Å²) >= 11 is 0. The predicted molar refractivity (Wildman–Crippen MR) is 107 cm³/mol. The van der Waals surface area contributed by atoms with Crippen LogP contribution in [0.2, 0.25) is 0 Å². The first-order valence-corrected chi connectivity index (χ1v) is 9.46. The zero-order valence-electron chi connectivity index (χ0n) is 15.6. The van der Waals surface area contributed by atoms with E-state index in [1.54, 1.807) is 0 Å². The van der Waals surface area contributed by atoms with Gasteiger partial charge in [-0.05, 0) is 24.3 Å². The minimum atomic E-state index is -0.551. The van der Waals surface area contributed by atoms with Crippen molar-refractivity contribution in [1.29, 1.82) is 0 Å². The lowest BCUT2D eigenvalue weighted by Gasteiger charge is -2.33. The van der Waals surface area contributed by atoms with E-state index in [-0.39, 0.29) is 24.9 Å². The summed E-state index contributed by atoms with van der Waals surface area (Å²) in [6.45, 7) is 0.809. The molecule has 0 aromatic heterocycles. The number of ether oxygens (including phenoxy) is 2. The molecule has 146 valence electrons. The van der Waals surface area contributed by atoms with Gasteiger partial charge in [0.15, 0.2) is 0 Å². The number of nitrogens with one attached hydrogen (secondary N) is 1. The lowest BCUT2D eigenvalue weighted by atomic mass is 10.1. The lowest BCUT2D eigenvalue weighted by molar-refractivity contribution is -0.115. The Kier molecular flexibility index (Phi) is 4.41. The van der Waals surface area contributed by atoms with Gasteiger partial charge in [0.2, 0.25) is 12.2 Å². The summed E-state index contributed by atoms with van der Waals surface area (Å²) in [6.07, 6.45) is -0.551. The van der Waals surface area contributed by atoms with Crippen LogP contribution in [-0.2, 0) is 22.7 Å². The minimum absolute atomic E-state index is 0.0969. The molecule has 1 N–H and O–H groups in total. The van der Waals surface area contributed by atoms with E-state index in [9.17, 15) is 9.18 Å². The first-order chi connectivity index (χ1) is 14.2. The SMILES string of the molecule is O=C1CN(Cc2cc(F)cc3c2O[C@H](c2ccccc2)OC3)c2ccccc2N1. The summed E-state index contributed by atoms with van der Waals surface area (Å²) in [5.41, 5.74) is 3.91. The number of carbonyl (C=O) groups is 1. The van der Waals surface area contributed by atoms with Crippen molar-refractivity contribution >= 4 is 17.3 Å². The molecular weight excluding hydrogens is 371 g/mol. The fraction of sp³-hybridized carbons (Fsp3) is 0.174. The summed E-state index contributed by atoms with van der Waals surface area (Å²) in [4.78, 5) is 14.1. The van der Waals surface area contributed by atoms with E-state index in [2.05, 4.69) is 5.32 Å². The van der Waals surface area contributed by atoms with Crippen LogP contribution < -0.4 is 15.0 Å². The van der Waals surface area contributed by atoms with Gasteiger partial charge in [-0.3, -0.25) is 4.79 Å². The number of anilines is 2. The molecule has 5 rings (SSSR count). The summed E-state index contributed by atoms with van der Waals surface area (Å²) < 4.78 is 26.2. The molecule has 1 atom stereocenters. The summed E-state index contributed by atoms with van der Waals surface area (Å²) in [6, 6.07) is 20.1. The van der Waals surface area contributed by atoms with Crippen molar-refractivity contribution in [3.05, 3.63) is 89.2 Å². The van der Waals surface area contributed by atoms with Crippen LogP contribution in [0.25, 0.3) is 0 Å². The Morgan fingerprint density at radius 1 is 1.07 bits per heavy atom. The third kappa shape index (κ3) is 3.43. The molecule has 3 aromatic carbocycles. The van der Waals surface area contributed by atoms with Gasteiger partial charge < -0.3 is 19.7 Å².